The first-order chi connectivity index (χ1) is 16.0. The highest BCUT2D eigenvalue weighted by Crippen LogP contribution is 2.15. The second kappa shape index (κ2) is 11.9. The molecule has 3 rings (SSSR count). The number of benzene rings is 2. The van der Waals surface area contributed by atoms with Crippen molar-refractivity contribution in [2.45, 2.75) is 33.2 Å². The summed E-state index contributed by atoms with van der Waals surface area (Å²) in [6.07, 6.45) is 1.49. The van der Waals surface area contributed by atoms with E-state index < -0.39 is 0 Å². The monoisotopic (exact) mass is 448 g/mol. The van der Waals surface area contributed by atoms with Crippen LogP contribution in [0.5, 0.6) is 5.75 Å². The van der Waals surface area contributed by atoms with Crippen molar-refractivity contribution < 1.29 is 18.7 Å². The van der Waals surface area contributed by atoms with Crippen LogP contribution in [0.3, 0.4) is 0 Å². The van der Waals surface area contributed by atoms with Crippen LogP contribution < -0.4 is 4.74 Å². The van der Waals surface area contributed by atoms with Crippen molar-refractivity contribution in [2.75, 3.05) is 26.7 Å². The number of carbonyl (C=O) groups excluding carboxylic acids is 2. The van der Waals surface area contributed by atoms with Gasteiger partial charge in [-0.3, -0.25) is 9.59 Å². The van der Waals surface area contributed by atoms with E-state index >= 15 is 0 Å². The lowest BCUT2D eigenvalue weighted by Crippen LogP contribution is -2.43. The Bertz CT molecular complexity index is 1030. The van der Waals surface area contributed by atoms with Crippen LogP contribution in [0.2, 0.25) is 0 Å². The number of hydrogen-bond acceptors (Lipinski definition) is 4. The summed E-state index contributed by atoms with van der Waals surface area (Å²) in [5, 5.41) is 0. The Kier molecular flexibility index (Phi) is 8.70. The van der Waals surface area contributed by atoms with Crippen LogP contribution in [0.15, 0.2) is 71.1 Å². The third-order valence-electron chi connectivity index (χ3n) is 5.45. The van der Waals surface area contributed by atoms with Crippen molar-refractivity contribution >= 4 is 11.8 Å². The molecule has 33 heavy (non-hydrogen) atoms. The van der Waals surface area contributed by atoms with E-state index in [0.29, 0.717) is 30.9 Å². The summed E-state index contributed by atoms with van der Waals surface area (Å²) < 4.78 is 10.9. The first kappa shape index (κ1) is 24.1. The van der Waals surface area contributed by atoms with E-state index in [2.05, 4.69) is 12.1 Å². The number of amides is 2. The van der Waals surface area contributed by atoms with E-state index in [9.17, 15) is 9.59 Å². The van der Waals surface area contributed by atoms with Crippen LogP contribution in [0.25, 0.3) is 0 Å². The Morgan fingerprint density at radius 1 is 0.909 bits per heavy atom. The van der Waals surface area contributed by atoms with E-state index in [1.54, 1.807) is 41.2 Å². The highest BCUT2D eigenvalue weighted by Gasteiger charge is 2.23. The average molecular weight is 449 g/mol. The highest BCUT2D eigenvalue weighted by atomic mass is 16.5. The van der Waals surface area contributed by atoms with Crippen molar-refractivity contribution in [2.24, 2.45) is 0 Å². The standard InChI is InChI=1S/C27H32N2O4/c1-4-17-29(27(31)23-11-14-24(32-3)15-12-23)20-26(30)28(19-25-13-10-21(2)33-25)18-16-22-8-6-5-7-9-22/h5-15H,4,16-20H2,1-3H3. The molecule has 0 bridgehead atoms. The summed E-state index contributed by atoms with van der Waals surface area (Å²) in [5.41, 5.74) is 1.69. The van der Waals surface area contributed by atoms with Gasteiger partial charge in [0.25, 0.3) is 5.91 Å². The molecule has 0 saturated heterocycles. The molecule has 174 valence electrons. The van der Waals surface area contributed by atoms with Gasteiger partial charge in [0.1, 0.15) is 23.8 Å². The van der Waals surface area contributed by atoms with Crippen LogP contribution in [0, 0.1) is 6.92 Å². The van der Waals surface area contributed by atoms with Gasteiger partial charge in [-0.15, -0.1) is 0 Å². The Labute approximate surface area is 195 Å². The minimum atomic E-state index is -0.162. The maximum absolute atomic E-state index is 13.4. The zero-order valence-electron chi connectivity index (χ0n) is 19.6. The van der Waals surface area contributed by atoms with Gasteiger partial charge in [0.05, 0.1) is 13.7 Å². The van der Waals surface area contributed by atoms with Gasteiger partial charge in [-0.2, -0.15) is 0 Å². The number of aryl methyl sites for hydroxylation is 1. The van der Waals surface area contributed by atoms with E-state index in [0.717, 1.165) is 29.9 Å². The fourth-order valence-corrected chi connectivity index (χ4v) is 3.66. The van der Waals surface area contributed by atoms with Crippen molar-refractivity contribution in [3.63, 3.8) is 0 Å². The van der Waals surface area contributed by atoms with E-state index in [-0.39, 0.29) is 18.4 Å². The Morgan fingerprint density at radius 3 is 2.24 bits per heavy atom. The second-order valence-electron chi connectivity index (χ2n) is 8.02. The van der Waals surface area contributed by atoms with E-state index in [1.807, 2.05) is 44.2 Å². The molecule has 0 fully saturated rings. The molecule has 2 amide bonds. The maximum atomic E-state index is 13.4. The van der Waals surface area contributed by atoms with E-state index in [4.69, 9.17) is 9.15 Å². The van der Waals surface area contributed by atoms with Gasteiger partial charge >= 0.3 is 0 Å². The number of ether oxygens (including phenoxy) is 1. The molecule has 0 radical (unpaired) electrons. The minimum absolute atomic E-state index is 0.0210. The number of methoxy groups -OCH3 is 1. The molecule has 1 heterocycles. The number of hydrogen-bond donors (Lipinski definition) is 0. The first-order valence-corrected chi connectivity index (χ1v) is 11.3. The molecule has 6 nitrogen and oxygen atoms in total. The minimum Gasteiger partial charge on any atom is -0.497 e. The SMILES string of the molecule is CCCN(CC(=O)N(CCc1ccccc1)Cc1ccc(C)o1)C(=O)c1ccc(OC)cc1. The van der Waals surface area contributed by atoms with Gasteiger partial charge < -0.3 is 19.0 Å². The zero-order chi connectivity index (χ0) is 23.6. The fourth-order valence-electron chi connectivity index (χ4n) is 3.66. The zero-order valence-corrected chi connectivity index (χ0v) is 19.6. The summed E-state index contributed by atoms with van der Waals surface area (Å²) in [4.78, 5) is 29.9. The summed E-state index contributed by atoms with van der Waals surface area (Å²) in [7, 11) is 1.59. The molecule has 0 unspecified atom stereocenters. The lowest BCUT2D eigenvalue weighted by atomic mass is 10.1. The summed E-state index contributed by atoms with van der Waals surface area (Å²) in [6.45, 7) is 5.32. The van der Waals surface area contributed by atoms with Crippen LogP contribution in [-0.4, -0.2) is 48.4 Å². The molecule has 0 spiro atoms. The largest absolute Gasteiger partial charge is 0.497 e. The van der Waals surface area contributed by atoms with Crippen LogP contribution in [0.4, 0.5) is 0 Å². The smallest absolute Gasteiger partial charge is 0.254 e. The van der Waals surface area contributed by atoms with E-state index in [1.165, 1.54) is 0 Å². The first-order valence-electron chi connectivity index (χ1n) is 11.3. The van der Waals surface area contributed by atoms with Gasteiger partial charge in [-0.25, -0.2) is 0 Å². The van der Waals surface area contributed by atoms with Crippen molar-refractivity contribution in [1.82, 2.24) is 9.80 Å². The van der Waals surface area contributed by atoms with Crippen molar-refractivity contribution in [3.8, 4) is 5.75 Å². The number of furan rings is 1. The number of nitrogens with zero attached hydrogens (tertiary/aromatic N) is 2. The van der Waals surface area contributed by atoms with Crippen molar-refractivity contribution in [3.05, 3.63) is 89.4 Å². The van der Waals surface area contributed by atoms with Crippen molar-refractivity contribution in [1.29, 1.82) is 0 Å². The Morgan fingerprint density at radius 2 is 1.64 bits per heavy atom. The average Bonchev–Trinajstić information content (AvgIpc) is 3.26. The van der Waals surface area contributed by atoms with Gasteiger partial charge in [-0.05, 0) is 61.7 Å². The quantitative estimate of drug-likeness (QED) is 0.426. The molecule has 0 atom stereocenters. The third-order valence-corrected chi connectivity index (χ3v) is 5.45. The summed E-state index contributed by atoms with van der Waals surface area (Å²) in [6, 6.07) is 20.8. The molecule has 0 aliphatic rings. The molecular formula is C27H32N2O4. The third kappa shape index (κ3) is 6.97. The maximum Gasteiger partial charge on any atom is 0.254 e. The molecule has 0 aliphatic heterocycles. The lowest BCUT2D eigenvalue weighted by molar-refractivity contribution is -0.132. The predicted octanol–water partition coefficient (Wildman–Crippen LogP) is 4.72. The van der Waals surface area contributed by atoms with Gasteiger partial charge in [-0.1, -0.05) is 37.3 Å². The molecule has 0 aliphatic carbocycles. The second-order valence-corrected chi connectivity index (χ2v) is 8.02. The highest BCUT2D eigenvalue weighted by molar-refractivity contribution is 5.96. The molecule has 2 aromatic carbocycles. The molecule has 1 aromatic heterocycles. The van der Waals surface area contributed by atoms with Gasteiger partial charge in [0.15, 0.2) is 0 Å². The number of carbonyl (C=O) groups is 2. The summed E-state index contributed by atoms with van der Waals surface area (Å²) in [5.74, 6) is 1.96. The van der Waals surface area contributed by atoms with Gasteiger partial charge in [0.2, 0.25) is 5.91 Å². The number of rotatable bonds is 11. The normalized spacial score (nSPS) is 10.6. The topological polar surface area (TPSA) is 63.0 Å². The predicted molar refractivity (Wildman–Crippen MR) is 128 cm³/mol. The Balaban J connectivity index is 1.74. The van der Waals surface area contributed by atoms with Crippen LogP contribution in [0.1, 0.15) is 40.8 Å². The molecular weight excluding hydrogens is 416 g/mol. The van der Waals surface area contributed by atoms with Crippen LogP contribution >= 0.6 is 0 Å². The molecule has 3 aromatic rings. The van der Waals surface area contributed by atoms with Crippen LogP contribution in [-0.2, 0) is 17.8 Å². The lowest BCUT2D eigenvalue weighted by Gasteiger charge is -2.27. The summed E-state index contributed by atoms with van der Waals surface area (Å²) >= 11 is 0. The molecule has 0 saturated carbocycles. The van der Waals surface area contributed by atoms with Gasteiger partial charge in [0, 0.05) is 18.7 Å². The molecule has 6 heteroatoms. The fraction of sp³-hybridized carbons (Fsp3) is 0.333. The Hall–Kier alpha value is -3.54. The molecule has 0 N–H and O–H groups in total.